The number of nitrogens with two attached hydrogens (primary N) is 1. The minimum absolute atomic E-state index is 0.693. The van der Waals surface area contributed by atoms with E-state index in [1.165, 1.54) is 38.8 Å². The highest BCUT2D eigenvalue weighted by Crippen LogP contribution is 2.31. The molecule has 104 valence electrons. The third-order valence-corrected chi connectivity index (χ3v) is 4.64. The van der Waals surface area contributed by atoms with Gasteiger partial charge in [-0.3, -0.25) is 4.90 Å². The van der Waals surface area contributed by atoms with Gasteiger partial charge in [-0.15, -0.1) is 0 Å². The fourth-order valence-corrected chi connectivity index (χ4v) is 3.50. The second kappa shape index (κ2) is 5.59. The van der Waals surface area contributed by atoms with Gasteiger partial charge in [0.15, 0.2) is 0 Å². The quantitative estimate of drug-likeness (QED) is 0.845. The Labute approximate surface area is 120 Å². The van der Waals surface area contributed by atoms with Crippen molar-refractivity contribution in [2.45, 2.75) is 31.7 Å². The summed E-state index contributed by atoms with van der Waals surface area (Å²) in [6.07, 6.45) is 5.35. The predicted octanol–water partition coefficient (Wildman–Crippen LogP) is 2.99. The molecule has 2 aliphatic heterocycles. The maximum absolute atomic E-state index is 6.09. The fraction of sp³-hybridized carbons (Fsp3) is 0.600. The molecule has 0 aromatic heterocycles. The molecule has 4 heteroatoms. The number of piperidine rings is 1. The van der Waals surface area contributed by atoms with Gasteiger partial charge in [0.1, 0.15) is 0 Å². The lowest BCUT2D eigenvalue weighted by Crippen LogP contribution is -2.40. The van der Waals surface area contributed by atoms with Crippen LogP contribution in [0.5, 0.6) is 0 Å². The van der Waals surface area contributed by atoms with Gasteiger partial charge < -0.3 is 10.6 Å². The SMILES string of the molecule is Nc1ccc(Cl)cc1N1CCC(N2CCCCC2)C1. The Hall–Kier alpha value is -0.930. The molecule has 2 heterocycles. The first kappa shape index (κ1) is 13.1. The van der Waals surface area contributed by atoms with Crippen LogP contribution in [0.3, 0.4) is 0 Å². The number of likely N-dealkylation sites (tertiary alicyclic amines) is 1. The summed E-state index contributed by atoms with van der Waals surface area (Å²) in [5.74, 6) is 0. The van der Waals surface area contributed by atoms with Crippen molar-refractivity contribution in [3.63, 3.8) is 0 Å². The molecule has 1 unspecified atom stereocenters. The molecule has 1 aromatic rings. The maximum Gasteiger partial charge on any atom is 0.0615 e. The van der Waals surface area contributed by atoms with E-state index in [-0.39, 0.29) is 0 Å². The summed E-state index contributed by atoms with van der Waals surface area (Å²) in [5.41, 5.74) is 8.02. The molecule has 1 atom stereocenters. The van der Waals surface area contributed by atoms with Crippen LogP contribution in [-0.4, -0.2) is 37.1 Å². The van der Waals surface area contributed by atoms with Crippen LogP contribution in [0.4, 0.5) is 11.4 Å². The van der Waals surface area contributed by atoms with Crippen LogP contribution in [-0.2, 0) is 0 Å². The van der Waals surface area contributed by atoms with E-state index < -0.39 is 0 Å². The first-order valence-electron chi connectivity index (χ1n) is 7.28. The summed E-state index contributed by atoms with van der Waals surface area (Å²) in [5, 5.41) is 0.769. The molecule has 2 aliphatic rings. The molecule has 3 rings (SSSR count). The number of halogens is 1. The van der Waals surface area contributed by atoms with Gasteiger partial charge in [-0.2, -0.15) is 0 Å². The van der Waals surface area contributed by atoms with Gasteiger partial charge in [0.05, 0.1) is 11.4 Å². The lowest BCUT2D eigenvalue weighted by Gasteiger charge is -2.32. The van der Waals surface area contributed by atoms with E-state index in [1.807, 2.05) is 18.2 Å². The summed E-state index contributed by atoms with van der Waals surface area (Å²) in [6.45, 7) is 4.71. The van der Waals surface area contributed by atoms with Gasteiger partial charge in [-0.25, -0.2) is 0 Å². The zero-order chi connectivity index (χ0) is 13.2. The topological polar surface area (TPSA) is 32.5 Å². The minimum atomic E-state index is 0.693. The predicted molar refractivity (Wildman–Crippen MR) is 81.9 cm³/mol. The number of nitrogens with zero attached hydrogens (tertiary/aromatic N) is 2. The standard InChI is InChI=1S/C15H22ClN3/c16-12-4-5-14(17)15(10-12)19-9-6-13(11-19)18-7-2-1-3-8-18/h4-5,10,13H,1-3,6-9,11,17H2. The molecule has 1 aromatic carbocycles. The van der Waals surface area contributed by atoms with Crippen LogP contribution < -0.4 is 10.6 Å². The molecule has 0 bridgehead atoms. The molecule has 0 saturated carbocycles. The molecule has 0 radical (unpaired) electrons. The van der Waals surface area contributed by atoms with E-state index in [1.54, 1.807) is 0 Å². The summed E-state index contributed by atoms with van der Waals surface area (Å²) in [6, 6.07) is 6.46. The zero-order valence-electron chi connectivity index (χ0n) is 11.3. The van der Waals surface area contributed by atoms with Crippen LogP contribution >= 0.6 is 11.6 Å². The summed E-state index contributed by atoms with van der Waals surface area (Å²) in [7, 11) is 0. The molecule has 0 aliphatic carbocycles. The number of anilines is 2. The molecule has 3 nitrogen and oxygen atoms in total. The van der Waals surface area contributed by atoms with E-state index in [9.17, 15) is 0 Å². The van der Waals surface area contributed by atoms with Crippen molar-refractivity contribution < 1.29 is 0 Å². The van der Waals surface area contributed by atoms with E-state index in [2.05, 4.69) is 9.80 Å². The van der Waals surface area contributed by atoms with Crippen LogP contribution in [0.15, 0.2) is 18.2 Å². The Bertz CT molecular complexity index is 443. The first-order valence-corrected chi connectivity index (χ1v) is 7.66. The number of nitrogen functional groups attached to an aromatic ring is 1. The Morgan fingerprint density at radius 1 is 1.11 bits per heavy atom. The number of rotatable bonds is 2. The highest BCUT2D eigenvalue weighted by Gasteiger charge is 2.29. The highest BCUT2D eigenvalue weighted by molar-refractivity contribution is 6.31. The van der Waals surface area contributed by atoms with Crippen LogP contribution in [0.25, 0.3) is 0 Å². The Kier molecular flexibility index (Phi) is 3.85. The van der Waals surface area contributed by atoms with Crippen molar-refractivity contribution >= 4 is 23.0 Å². The third kappa shape index (κ3) is 2.82. The van der Waals surface area contributed by atoms with Crippen molar-refractivity contribution in [2.75, 3.05) is 36.8 Å². The molecule has 0 amide bonds. The number of hydrogen-bond acceptors (Lipinski definition) is 3. The second-order valence-electron chi connectivity index (χ2n) is 5.69. The average Bonchev–Trinajstić information content (AvgIpc) is 2.92. The fourth-order valence-electron chi connectivity index (χ4n) is 3.33. The van der Waals surface area contributed by atoms with Gasteiger partial charge >= 0.3 is 0 Å². The largest absolute Gasteiger partial charge is 0.397 e. The summed E-state index contributed by atoms with van der Waals surface area (Å²) >= 11 is 6.09. The van der Waals surface area contributed by atoms with E-state index >= 15 is 0 Å². The second-order valence-corrected chi connectivity index (χ2v) is 6.12. The van der Waals surface area contributed by atoms with Crippen molar-refractivity contribution in [3.8, 4) is 0 Å². The number of benzene rings is 1. The van der Waals surface area contributed by atoms with Gasteiger partial charge in [0.25, 0.3) is 0 Å². The zero-order valence-corrected chi connectivity index (χ0v) is 12.1. The highest BCUT2D eigenvalue weighted by atomic mass is 35.5. The monoisotopic (exact) mass is 279 g/mol. The van der Waals surface area contributed by atoms with Crippen LogP contribution in [0, 0.1) is 0 Å². The molecule has 2 fully saturated rings. The van der Waals surface area contributed by atoms with Gasteiger partial charge in [0.2, 0.25) is 0 Å². The lowest BCUT2D eigenvalue weighted by atomic mass is 10.1. The minimum Gasteiger partial charge on any atom is -0.397 e. The van der Waals surface area contributed by atoms with E-state index in [0.29, 0.717) is 6.04 Å². The Morgan fingerprint density at radius 2 is 1.89 bits per heavy atom. The molecular formula is C15H22ClN3. The van der Waals surface area contributed by atoms with E-state index in [0.717, 1.165) is 29.5 Å². The van der Waals surface area contributed by atoms with Crippen molar-refractivity contribution in [1.82, 2.24) is 4.90 Å². The van der Waals surface area contributed by atoms with E-state index in [4.69, 9.17) is 17.3 Å². The van der Waals surface area contributed by atoms with Crippen molar-refractivity contribution in [2.24, 2.45) is 0 Å². The van der Waals surface area contributed by atoms with Crippen LogP contribution in [0.2, 0.25) is 5.02 Å². The molecule has 2 N–H and O–H groups in total. The normalized spacial score (nSPS) is 24.9. The first-order chi connectivity index (χ1) is 9.24. The summed E-state index contributed by atoms with van der Waals surface area (Å²) in [4.78, 5) is 5.05. The Morgan fingerprint density at radius 3 is 2.68 bits per heavy atom. The molecule has 2 saturated heterocycles. The molecular weight excluding hydrogens is 258 g/mol. The van der Waals surface area contributed by atoms with Gasteiger partial charge in [-0.1, -0.05) is 18.0 Å². The van der Waals surface area contributed by atoms with Crippen LogP contribution in [0.1, 0.15) is 25.7 Å². The average molecular weight is 280 g/mol. The summed E-state index contributed by atoms with van der Waals surface area (Å²) < 4.78 is 0. The maximum atomic E-state index is 6.09. The Balaban J connectivity index is 1.69. The molecule has 19 heavy (non-hydrogen) atoms. The van der Waals surface area contributed by atoms with Crippen molar-refractivity contribution in [3.05, 3.63) is 23.2 Å². The smallest absolute Gasteiger partial charge is 0.0615 e. The van der Waals surface area contributed by atoms with Crippen molar-refractivity contribution in [1.29, 1.82) is 0 Å². The molecule has 0 spiro atoms. The lowest BCUT2D eigenvalue weighted by molar-refractivity contribution is 0.175. The third-order valence-electron chi connectivity index (χ3n) is 4.40. The van der Waals surface area contributed by atoms with Gasteiger partial charge in [-0.05, 0) is 50.6 Å². The van der Waals surface area contributed by atoms with Gasteiger partial charge in [0, 0.05) is 24.2 Å². The number of hydrogen-bond donors (Lipinski definition) is 1.